The molecule has 0 aliphatic carbocycles. The molecule has 6 nitrogen and oxygen atoms in total. The first-order chi connectivity index (χ1) is 11.8. The molecule has 0 radical (unpaired) electrons. The molecule has 1 saturated heterocycles. The van der Waals surface area contributed by atoms with Crippen LogP contribution in [0, 0.1) is 5.92 Å². The van der Waals surface area contributed by atoms with Crippen molar-refractivity contribution in [3.05, 3.63) is 42.8 Å². The second-order valence-corrected chi connectivity index (χ2v) is 5.99. The third-order valence-corrected chi connectivity index (χ3v) is 4.38. The molecule has 4 rings (SSSR count). The van der Waals surface area contributed by atoms with E-state index in [9.17, 15) is 4.79 Å². The summed E-state index contributed by atoms with van der Waals surface area (Å²) < 4.78 is 10.6. The summed E-state index contributed by atoms with van der Waals surface area (Å²) in [7, 11) is 0. The standard InChI is InChI=1S/C18H17N3O3/c22-17(12-1-3-23-4-2-12)7-15-5-13-6-16(18-10-19-11-24-18)21-9-14(13)8-20-15/h5-6,8-12H,1-4,7H2. The van der Waals surface area contributed by atoms with Crippen LogP contribution in [-0.4, -0.2) is 33.9 Å². The fourth-order valence-corrected chi connectivity index (χ4v) is 3.00. The first kappa shape index (κ1) is 15.0. The number of carbonyl (C=O) groups is 1. The van der Waals surface area contributed by atoms with Crippen molar-refractivity contribution in [2.75, 3.05) is 13.2 Å². The Balaban J connectivity index is 1.58. The van der Waals surface area contributed by atoms with Crippen LogP contribution in [0.3, 0.4) is 0 Å². The highest BCUT2D eigenvalue weighted by molar-refractivity contribution is 5.87. The van der Waals surface area contributed by atoms with Gasteiger partial charge in [0.15, 0.2) is 12.2 Å². The Bertz CT molecular complexity index is 855. The van der Waals surface area contributed by atoms with E-state index in [4.69, 9.17) is 9.15 Å². The van der Waals surface area contributed by atoms with Gasteiger partial charge < -0.3 is 9.15 Å². The van der Waals surface area contributed by atoms with Crippen molar-refractivity contribution in [1.82, 2.24) is 15.0 Å². The van der Waals surface area contributed by atoms with Crippen molar-refractivity contribution in [2.24, 2.45) is 5.92 Å². The predicted molar refractivity (Wildman–Crippen MR) is 87.3 cm³/mol. The van der Waals surface area contributed by atoms with Crippen LogP contribution in [0.25, 0.3) is 22.2 Å². The lowest BCUT2D eigenvalue weighted by molar-refractivity contribution is -0.125. The molecule has 0 saturated carbocycles. The van der Waals surface area contributed by atoms with Gasteiger partial charge in [-0.1, -0.05) is 0 Å². The smallest absolute Gasteiger partial charge is 0.181 e. The van der Waals surface area contributed by atoms with Gasteiger partial charge in [-0.15, -0.1) is 0 Å². The quantitative estimate of drug-likeness (QED) is 0.734. The monoisotopic (exact) mass is 323 g/mol. The number of pyridine rings is 2. The number of carbonyl (C=O) groups excluding carboxylic acids is 1. The highest BCUT2D eigenvalue weighted by atomic mass is 16.5. The molecule has 6 heteroatoms. The first-order valence-corrected chi connectivity index (χ1v) is 8.03. The summed E-state index contributed by atoms with van der Waals surface area (Å²) in [5.74, 6) is 0.960. The summed E-state index contributed by atoms with van der Waals surface area (Å²) in [4.78, 5) is 25.1. The van der Waals surface area contributed by atoms with Crippen LogP contribution in [0.4, 0.5) is 0 Å². The van der Waals surface area contributed by atoms with E-state index in [0.717, 1.165) is 29.3 Å². The lowest BCUT2D eigenvalue weighted by Gasteiger charge is -2.20. The first-order valence-electron chi connectivity index (χ1n) is 8.03. The lowest BCUT2D eigenvalue weighted by Crippen LogP contribution is -2.24. The average molecular weight is 323 g/mol. The Morgan fingerprint density at radius 1 is 1.08 bits per heavy atom. The summed E-state index contributed by atoms with van der Waals surface area (Å²) in [6, 6.07) is 3.88. The van der Waals surface area contributed by atoms with Crippen LogP contribution in [0.5, 0.6) is 0 Å². The number of ether oxygens (including phenoxy) is 1. The van der Waals surface area contributed by atoms with Gasteiger partial charge in [-0.25, -0.2) is 4.98 Å². The molecule has 1 fully saturated rings. The maximum absolute atomic E-state index is 12.4. The third-order valence-electron chi connectivity index (χ3n) is 4.38. The Kier molecular flexibility index (Phi) is 4.04. The van der Waals surface area contributed by atoms with E-state index in [0.29, 0.717) is 31.1 Å². The zero-order chi connectivity index (χ0) is 16.4. The highest BCUT2D eigenvalue weighted by Gasteiger charge is 2.22. The summed E-state index contributed by atoms with van der Waals surface area (Å²) >= 11 is 0. The minimum Gasteiger partial charge on any atom is -0.442 e. The molecular weight excluding hydrogens is 306 g/mol. The fourth-order valence-electron chi connectivity index (χ4n) is 3.00. The van der Waals surface area contributed by atoms with Gasteiger partial charge in [0.2, 0.25) is 0 Å². The largest absolute Gasteiger partial charge is 0.442 e. The molecule has 0 unspecified atom stereocenters. The maximum atomic E-state index is 12.4. The van der Waals surface area contributed by atoms with Crippen LogP contribution >= 0.6 is 0 Å². The molecule has 1 aliphatic heterocycles. The van der Waals surface area contributed by atoms with Crippen LogP contribution in [-0.2, 0) is 16.0 Å². The highest BCUT2D eigenvalue weighted by Crippen LogP contribution is 2.23. The van der Waals surface area contributed by atoms with Crippen LogP contribution in [0.1, 0.15) is 18.5 Å². The van der Waals surface area contributed by atoms with Gasteiger partial charge in [-0.05, 0) is 30.4 Å². The summed E-state index contributed by atoms with van der Waals surface area (Å²) in [6.45, 7) is 1.35. The van der Waals surface area contributed by atoms with Gasteiger partial charge in [-0.2, -0.15) is 0 Å². The van der Waals surface area contributed by atoms with Crippen molar-refractivity contribution in [2.45, 2.75) is 19.3 Å². The molecule has 0 atom stereocenters. The van der Waals surface area contributed by atoms with Crippen LogP contribution < -0.4 is 0 Å². The van der Waals surface area contributed by atoms with Crippen molar-refractivity contribution in [1.29, 1.82) is 0 Å². The lowest BCUT2D eigenvalue weighted by atomic mass is 9.92. The van der Waals surface area contributed by atoms with Crippen molar-refractivity contribution in [3.63, 3.8) is 0 Å². The number of rotatable bonds is 4. The Morgan fingerprint density at radius 2 is 1.92 bits per heavy atom. The van der Waals surface area contributed by atoms with E-state index < -0.39 is 0 Å². The molecule has 3 aromatic heterocycles. The van der Waals surface area contributed by atoms with Crippen molar-refractivity contribution < 1.29 is 13.9 Å². The van der Waals surface area contributed by atoms with Gasteiger partial charge in [-0.3, -0.25) is 14.8 Å². The van der Waals surface area contributed by atoms with E-state index in [-0.39, 0.29) is 11.7 Å². The Morgan fingerprint density at radius 3 is 2.71 bits per heavy atom. The SMILES string of the molecule is O=C(Cc1cc2cc(-c3cnco3)ncc2cn1)C1CCOCC1. The summed E-state index contributed by atoms with van der Waals surface area (Å²) in [6.07, 6.45) is 8.51. The second kappa shape index (κ2) is 6.49. The normalized spacial score (nSPS) is 15.7. The number of oxazole rings is 1. The summed E-state index contributed by atoms with van der Waals surface area (Å²) in [5.41, 5.74) is 1.50. The number of hydrogen-bond acceptors (Lipinski definition) is 6. The zero-order valence-electron chi connectivity index (χ0n) is 13.1. The van der Waals surface area contributed by atoms with Gasteiger partial charge in [0.25, 0.3) is 0 Å². The molecule has 1 aliphatic rings. The molecule has 0 spiro atoms. The fraction of sp³-hybridized carbons (Fsp3) is 0.333. The Labute approximate surface area is 138 Å². The minimum atomic E-state index is 0.0958. The van der Waals surface area contributed by atoms with Gasteiger partial charge in [0.1, 0.15) is 11.5 Å². The van der Waals surface area contributed by atoms with E-state index in [1.807, 2.05) is 12.1 Å². The van der Waals surface area contributed by atoms with E-state index >= 15 is 0 Å². The van der Waals surface area contributed by atoms with Crippen LogP contribution in [0.2, 0.25) is 0 Å². The molecule has 0 bridgehead atoms. The second-order valence-electron chi connectivity index (χ2n) is 5.99. The van der Waals surface area contributed by atoms with Crippen LogP contribution in [0.15, 0.2) is 41.5 Å². The maximum Gasteiger partial charge on any atom is 0.181 e. The Hall–Kier alpha value is -2.60. The number of hydrogen-bond donors (Lipinski definition) is 0. The number of Topliss-reactive ketones (excluding diaryl/α,β-unsaturated/α-hetero) is 1. The molecular formula is C18H17N3O3. The van der Waals surface area contributed by atoms with Gasteiger partial charge in [0, 0.05) is 49.0 Å². The minimum absolute atomic E-state index is 0.0958. The molecule has 0 amide bonds. The van der Waals surface area contributed by atoms with Gasteiger partial charge in [0.05, 0.1) is 6.20 Å². The van der Waals surface area contributed by atoms with Crippen molar-refractivity contribution >= 4 is 16.6 Å². The van der Waals surface area contributed by atoms with E-state index in [2.05, 4.69) is 15.0 Å². The number of ketones is 1. The molecule has 122 valence electrons. The molecule has 3 aromatic rings. The molecule has 0 N–H and O–H groups in total. The van der Waals surface area contributed by atoms with Crippen molar-refractivity contribution in [3.8, 4) is 11.5 Å². The number of aromatic nitrogens is 3. The summed E-state index contributed by atoms with van der Waals surface area (Å²) in [5, 5.41) is 1.92. The zero-order valence-corrected chi connectivity index (χ0v) is 13.1. The molecule has 4 heterocycles. The third kappa shape index (κ3) is 3.05. The van der Waals surface area contributed by atoms with Gasteiger partial charge >= 0.3 is 0 Å². The molecule has 0 aromatic carbocycles. The predicted octanol–water partition coefficient (Wildman–Crippen LogP) is 2.82. The van der Waals surface area contributed by atoms with E-state index in [1.165, 1.54) is 6.39 Å². The number of nitrogens with zero attached hydrogens (tertiary/aromatic N) is 3. The van der Waals surface area contributed by atoms with E-state index in [1.54, 1.807) is 18.6 Å². The molecule has 24 heavy (non-hydrogen) atoms. The number of fused-ring (bicyclic) bond motifs is 1. The average Bonchev–Trinajstić information content (AvgIpc) is 3.16. The topological polar surface area (TPSA) is 78.1 Å².